The van der Waals surface area contributed by atoms with Crippen LogP contribution in [0.4, 0.5) is 17.1 Å². The molecular weight excluding hydrogens is 474 g/mol. The van der Waals surface area contributed by atoms with Crippen molar-refractivity contribution in [1.82, 2.24) is 9.55 Å². The van der Waals surface area contributed by atoms with E-state index in [0.717, 1.165) is 11.8 Å². The van der Waals surface area contributed by atoms with Crippen molar-refractivity contribution in [2.45, 2.75) is 17.3 Å². The van der Waals surface area contributed by atoms with Crippen molar-refractivity contribution in [3.05, 3.63) is 87.0 Å². The topological polar surface area (TPSA) is 142 Å². The monoisotopic (exact) mass is 493 g/mol. The standard InChI is InChI=1S/C23H19N5O6S/c1-14(22(29)24-16-7-3-4-8-19(16)28(32)33)35-23-25-17-13-15(27(30)31)11-12-18(17)26(23)20-9-5-6-10-21(20)34-2/h3-14H,1-2H3,(H,24,29). The van der Waals surface area contributed by atoms with Gasteiger partial charge in [0.05, 0.1) is 38.9 Å². The van der Waals surface area contributed by atoms with Gasteiger partial charge in [0, 0.05) is 18.2 Å². The first-order valence-corrected chi connectivity index (χ1v) is 11.2. The highest BCUT2D eigenvalue weighted by atomic mass is 32.2. The molecule has 1 amide bonds. The van der Waals surface area contributed by atoms with Crippen LogP contribution in [0.5, 0.6) is 5.75 Å². The number of nitrogens with zero attached hydrogens (tertiary/aromatic N) is 4. The molecule has 0 aliphatic carbocycles. The number of imidazole rings is 1. The summed E-state index contributed by atoms with van der Waals surface area (Å²) < 4.78 is 7.25. The van der Waals surface area contributed by atoms with E-state index in [0.29, 0.717) is 27.6 Å². The number of hydrogen-bond acceptors (Lipinski definition) is 8. The Bertz CT molecular complexity index is 1450. The molecule has 3 aromatic carbocycles. The van der Waals surface area contributed by atoms with E-state index in [1.54, 1.807) is 29.7 Å². The lowest BCUT2D eigenvalue weighted by molar-refractivity contribution is -0.384. The fourth-order valence-corrected chi connectivity index (χ4v) is 4.41. The van der Waals surface area contributed by atoms with Gasteiger partial charge in [-0.25, -0.2) is 4.98 Å². The number of hydrogen-bond donors (Lipinski definition) is 1. The number of nitro benzene ring substituents is 2. The predicted molar refractivity (Wildman–Crippen MR) is 131 cm³/mol. The Morgan fingerprint density at radius 3 is 2.49 bits per heavy atom. The summed E-state index contributed by atoms with van der Waals surface area (Å²) in [5.74, 6) is 0.0814. The number of carbonyl (C=O) groups excluding carboxylic acids is 1. The van der Waals surface area contributed by atoms with E-state index in [1.807, 2.05) is 18.2 Å². The molecule has 4 aromatic rings. The Hall–Kier alpha value is -4.45. The summed E-state index contributed by atoms with van der Waals surface area (Å²) in [4.78, 5) is 38.9. The molecule has 0 aliphatic rings. The Labute approximate surface area is 203 Å². The lowest BCUT2D eigenvalue weighted by Gasteiger charge is -2.15. The predicted octanol–water partition coefficient (Wildman–Crippen LogP) is 4.97. The summed E-state index contributed by atoms with van der Waals surface area (Å²) in [6.45, 7) is 1.64. The zero-order valence-electron chi connectivity index (χ0n) is 18.6. The minimum absolute atomic E-state index is 0.0869. The molecule has 1 heterocycles. The van der Waals surface area contributed by atoms with Crippen molar-refractivity contribution in [2.75, 3.05) is 12.4 Å². The zero-order valence-corrected chi connectivity index (χ0v) is 19.4. The van der Waals surface area contributed by atoms with E-state index < -0.39 is 21.0 Å². The van der Waals surface area contributed by atoms with Gasteiger partial charge in [0.2, 0.25) is 5.91 Å². The highest BCUT2D eigenvalue weighted by Crippen LogP contribution is 2.35. The summed E-state index contributed by atoms with van der Waals surface area (Å²) in [5.41, 5.74) is 1.37. The zero-order chi connectivity index (χ0) is 25.1. The number of carbonyl (C=O) groups is 1. The first-order valence-electron chi connectivity index (χ1n) is 10.3. The van der Waals surface area contributed by atoms with Crippen LogP contribution in [0.15, 0.2) is 71.9 Å². The van der Waals surface area contributed by atoms with E-state index in [4.69, 9.17) is 4.74 Å². The molecule has 0 bridgehead atoms. The van der Waals surface area contributed by atoms with Gasteiger partial charge in [0.15, 0.2) is 5.16 Å². The SMILES string of the molecule is COc1ccccc1-n1c(SC(C)C(=O)Nc2ccccc2[N+](=O)[O-])nc2cc([N+](=O)[O-])ccc21. The molecule has 0 radical (unpaired) electrons. The minimum atomic E-state index is -0.713. The summed E-state index contributed by atoms with van der Waals surface area (Å²) in [7, 11) is 1.53. The molecule has 0 saturated heterocycles. The van der Waals surface area contributed by atoms with Gasteiger partial charge < -0.3 is 10.1 Å². The molecule has 12 heteroatoms. The number of para-hydroxylation sites is 4. The summed E-state index contributed by atoms with van der Waals surface area (Å²) >= 11 is 1.11. The molecule has 0 fully saturated rings. The quantitative estimate of drug-likeness (QED) is 0.206. The summed E-state index contributed by atoms with van der Waals surface area (Å²) in [5, 5.41) is 24.8. The molecule has 35 heavy (non-hydrogen) atoms. The van der Waals surface area contributed by atoms with Crippen molar-refractivity contribution in [3.63, 3.8) is 0 Å². The number of methoxy groups -OCH3 is 1. The normalized spacial score (nSPS) is 11.7. The van der Waals surface area contributed by atoms with Crippen LogP contribution in [0.25, 0.3) is 16.7 Å². The number of aromatic nitrogens is 2. The molecule has 1 unspecified atom stereocenters. The van der Waals surface area contributed by atoms with E-state index in [1.165, 1.54) is 37.4 Å². The number of thioether (sulfide) groups is 1. The van der Waals surface area contributed by atoms with Gasteiger partial charge in [-0.05, 0) is 31.2 Å². The van der Waals surface area contributed by atoms with E-state index in [9.17, 15) is 25.0 Å². The van der Waals surface area contributed by atoms with E-state index >= 15 is 0 Å². The fraction of sp³-hybridized carbons (Fsp3) is 0.130. The van der Waals surface area contributed by atoms with Crippen LogP contribution in [0.1, 0.15) is 6.92 Å². The molecular formula is C23H19N5O6S. The maximum Gasteiger partial charge on any atom is 0.292 e. The average Bonchev–Trinajstić information content (AvgIpc) is 3.20. The largest absolute Gasteiger partial charge is 0.495 e. The van der Waals surface area contributed by atoms with Crippen molar-refractivity contribution >= 4 is 45.8 Å². The minimum Gasteiger partial charge on any atom is -0.495 e. The maximum atomic E-state index is 12.9. The Morgan fingerprint density at radius 2 is 1.77 bits per heavy atom. The van der Waals surface area contributed by atoms with E-state index in [-0.39, 0.29) is 17.1 Å². The van der Waals surface area contributed by atoms with Crippen LogP contribution >= 0.6 is 11.8 Å². The number of nitro groups is 2. The number of fused-ring (bicyclic) bond motifs is 1. The highest BCUT2D eigenvalue weighted by molar-refractivity contribution is 8.00. The van der Waals surface area contributed by atoms with Crippen molar-refractivity contribution < 1.29 is 19.4 Å². The summed E-state index contributed by atoms with van der Waals surface area (Å²) in [6.07, 6.45) is 0. The fourth-order valence-electron chi connectivity index (χ4n) is 3.47. The smallest absolute Gasteiger partial charge is 0.292 e. The van der Waals surface area contributed by atoms with Crippen LogP contribution in [0.3, 0.4) is 0 Å². The molecule has 1 atom stereocenters. The first kappa shape index (κ1) is 23.7. The summed E-state index contributed by atoms with van der Waals surface area (Å²) in [6, 6.07) is 17.4. The van der Waals surface area contributed by atoms with Gasteiger partial charge in [0.1, 0.15) is 11.4 Å². The number of anilines is 1. The van der Waals surface area contributed by atoms with Crippen molar-refractivity contribution in [3.8, 4) is 11.4 Å². The van der Waals surface area contributed by atoms with Gasteiger partial charge in [-0.15, -0.1) is 0 Å². The van der Waals surface area contributed by atoms with Gasteiger partial charge in [0.25, 0.3) is 11.4 Å². The second-order valence-corrected chi connectivity index (χ2v) is 8.66. The highest BCUT2D eigenvalue weighted by Gasteiger charge is 2.24. The van der Waals surface area contributed by atoms with Crippen LogP contribution in [-0.4, -0.2) is 37.7 Å². The number of amides is 1. The molecule has 0 saturated carbocycles. The van der Waals surface area contributed by atoms with Gasteiger partial charge in [-0.1, -0.05) is 36.0 Å². The van der Waals surface area contributed by atoms with Gasteiger partial charge in [-0.2, -0.15) is 0 Å². The number of ether oxygens (including phenoxy) is 1. The first-order chi connectivity index (χ1) is 16.8. The van der Waals surface area contributed by atoms with E-state index in [2.05, 4.69) is 10.3 Å². The average molecular weight is 494 g/mol. The van der Waals surface area contributed by atoms with Crippen LogP contribution in [0.2, 0.25) is 0 Å². The Kier molecular flexibility index (Phi) is 6.64. The second-order valence-electron chi connectivity index (χ2n) is 7.36. The molecule has 178 valence electrons. The van der Waals surface area contributed by atoms with Crippen molar-refractivity contribution in [2.24, 2.45) is 0 Å². The number of nitrogens with one attached hydrogen (secondary N) is 1. The number of rotatable bonds is 8. The Balaban J connectivity index is 1.73. The maximum absolute atomic E-state index is 12.9. The molecule has 1 N–H and O–H groups in total. The van der Waals surface area contributed by atoms with Crippen LogP contribution < -0.4 is 10.1 Å². The number of benzene rings is 3. The molecule has 1 aromatic heterocycles. The Morgan fingerprint density at radius 1 is 1.06 bits per heavy atom. The lowest BCUT2D eigenvalue weighted by atomic mass is 10.2. The van der Waals surface area contributed by atoms with Crippen molar-refractivity contribution in [1.29, 1.82) is 0 Å². The second kappa shape index (κ2) is 9.81. The van der Waals surface area contributed by atoms with Crippen LogP contribution in [0, 0.1) is 20.2 Å². The third kappa shape index (κ3) is 4.77. The molecule has 0 spiro atoms. The number of non-ortho nitro benzene ring substituents is 1. The molecule has 4 rings (SSSR count). The molecule has 0 aliphatic heterocycles. The lowest BCUT2D eigenvalue weighted by Crippen LogP contribution is -2.23. The third-order valence-electron chi connectivity index (χ3n) is 5.15. The van der Waals surface area contributed by atoms with Gasteiger partial charge >= 0.3 is 0 Å². The van der Waals surface area contributed by atoms with Crippen LogP contribution in [-0.2, 0) is 4.79 Å². The molecule has 11 nitrogen and oxygen atoms in total. The third-order valence-corrected chi connectivity index (χ3v) is 6.21. The van der Waals surface area contributed by atoms with Gasteiger partial charge in [-0.3, -0.25) is 29.6 Å².